The minimum Gasteiger partial charge on any atom is -0.686 e. The molecule has 2 heterocycles. The van der Waals surface area contributed by atoms with Crippen LogP contribution in [0.15, 0.2) is 24.4 Å². The standard InChI is InChI=1S/C10H14N2.2C4H8O2S2.Cd/c1-3-7-11-9(5-1)10-6-2-4-8-12-10;2*1-5-2-3-6-4(7)8;/h1,3,5,7,9-10H,2,4,6,8H2;2*2-3H2,1H3,(H,7,8);/q-2;;;/p-2. The van der Waals surface area contributed by atoms with Gasteiger partial charge in [0.1, 0.15) is 13.2 Å². The summed E-state index contributed by atoms with van der Waals surface area (Å²) in [7, 11) is 3.19. The Morgan fingerprint density at radius 1 is 0.966 bits per heavy atom. The Hall–Kier alpha value is 0.302. The molecule has 0 aromatic carbocycles. The summed E-state index contributed by atoms with van der Waals surface area (Å²) in [6.07, 6.45) is 11.9. The predicted octanol–water partition coefficient (Wildman–Crippen LogP) is 3.70. The van der Waals surface area contributed by atoms with E-state index in [9.17, 15) is 0 Å². The molecule has 164 valence electrons. The molecule has 0 aromatic rings. The van der Waals surface area contributed by atoms with Gasteiger partial charge in [-0.1, -0.05) is 31.4 Å². The molecule has 0 aliphatic carbocycles. The van der Waals surface area contributed by atoms with E-state index in [1.165, 1.54) is 19.3 Å². The predicted molar refractivity (Wildman–Crippen MR) is 127 cm³/mol. The molecule has 0 amide bonds. The normalized spacial score (nSPS) is 19.1. The fourth-order valence-electron chi connectivity index (χ4n) is 2.16. The number of hydrogen-bond acceptors (Lipinski definition) is 8. The van der Waals surface area contributed by atoms with Gasteiger partial charge in [0.2, 0.25) is 0 Å². The molecule has 0 aromatic heterocycles. The van der Waals surface area contributed by atoms with Crippen molar-refractivity contribution in [2.75, 3.05) is 47.2 Å². The maximum Gasteiger partial charge on any atom is 0.109 e. The Morgan fingerprint density at radius 3 is 1.93 bits per heavy atom. The van der Waals surface area contributed by atoms with Gasteiger partial charge in [-0.3, -0.25) is 0 Å². The quantitative estimate of drug-likeness (QED) is 0.197. The van der Waals surface area contributed by atoms with Crippen LogP contribution in [0, 0.1) is 0 Å². The van der Waals surface area contributed by atoms with Crippen molar-refractivity contribution in [3.8, 4) is 0 Å². The summed E-state index contributed by atoms with van der Waals surface area (Å²) < 4.78 is 19.0. The third-order valence-corrected chi connectivity index (χ3v) is 3.92. The Morgan fingerprint density at radius 2 is 1.55 bits per heavy atom. The van der Waals surface area contributed by atoms with E-state index in [4.69, 9.17) is 9.47 Å². The fraction of sp³-hybridized carbons (Fsp3) is 0.667. The number of hydrogen-bond donors (Lipinski definition) is 0. The van der Waals surface area contributed by atoms with E-state index in [1.807, 2.05) is 12.3 Å². The Kier molecular flexibility index (Phi) is 24.9. The summed E-state index contributed by atoms with van der Waals surface area (Å²) in [5.41, 5.74) is 0. The molecule has 0 N–H and O–H groups in total. The summed E-state index contributed by atoms with van der Waals surface area (Å²) in [4.78, 5) is 0. The number of nitrogens with zero attached hydrogens (tertiary/aromatic N) is 2. The van der Waals surface area contributed by atoms with Gasteiger partial charge in [0, 0.05) is 50.3 Å². The van der Waals surface area contributed by atoms with Crippen LogP contribution in [0.2, 0.25) is 0 Å². The molecule has 2 rings (SSSR count). The van der Waals surface area contributed by atoms with Crippen LogP contribution in [0.25, 0.3) is 10.6 Å². The summed E-state index contributed by atoms with van der Waals surface area (Å²) in [6, 6.07) is 0.787. The van der Waals surface area contributed by atoms with Gasteiger partial charge in [0.25, 0.3) is 0 Å². The molecule has 0 spiro atoms. The van der Waals surface area contributed by atoms with Crippen molar-refractivity contribution in [1.82, 2.24) is 0 Å². The third-order valence-electron chi connectivity index (χ3n) is 3.44. The summed E-state index contributed by atoms with van der Waals surface area (Å²) in [6.45, 7) is 3.03. The topological polar surface area (TPSA) is 65.1 Å². The Bertz CT molecular complexity index is 459. The third kappa shape index (κ3) is 21.3. The molecule has 6 nitrogen and oxygen atoms in total. The number of piperidine rings is 1. The minimum atomic E-state index is 0. The van der Waals surface area contributed by atoms with Crippen molar-refractivity contribution >= 4 is 58.5 Å². The molecule has 2 unspecified atom stereocenters. The van der Waals surface area contributed by atoms with Crippen LogP contribution in [-0.2, 0) is 71.5 Å². The van der Waals surface area contributed by atoms with Crippen LogP contribution in [0.3, 0.4) is 0 Å². The molecular formula is C18H28CdN2O4S4-4. The van der Waals surface area contributed by atoms with E-state index in [0.29, 0.717) is 38.5 Å². The van der Waals surface area contributed by atoms with Gasteiger partial charge < -0.3 is 79.3 Å². The van der Waals surface area contributed by atoms with Crippen LogP contribution >= 0.6 is 24.4 Å². The number of thiocarbonyl (C=S) groups is 2. The van der Waals surface area contributed by atoms with E-state index in [-0.39, 0.29) is 36.1 Å². The zero-order chi connectivity index (χ0) is 21.0. The summed E-state index contributed by atoms with van der Waals surface area (Å²) in [5, 5.41) is 8.97. The zero-order valence-electron chi connectivity index (χ0n) is 17.0. The molecule has 0 saturated carbocycles. The van der Waals surface area contributed by atoms with Gasteiger partial charge in [-0.2, -0.15) is 6.20 Å². The fourth-order valence-corrected chi connectivity index (χ4v) is 2.50. The second-order valence-corrected chi connectivity index (χ2v) is 7.52. The molecule has 29 heavy (non-hydrogen) atoms. The first-order valence-corrected chi connectivity index (χ1v) is 10.5. The van der Waals surface area contributed by atoms with Gasteiger partial charge in [-0.05, 0) is 0 Å². The molecule has 2 atom stereocenters. The molecular weight excluding hydrogens is 549 g/mol. The van der Waals surface area contributed by atoms with Crippen molar-refractivity contribution in [3.05, 3.63) is 35.1 Å². The maximum atomic E-state index is 4.70. The summed E-state index contributed by atoms with van der Waals surface area (Å²) >= 11 is 17.8. The van der Waals surface area contributed by atoms with Gasteiger partial charge in [-0.15, -0.1) is 24.7 Å². The van der Waals surface area contributed by atoms with Gasteiger partial charge >= 0.3 is 0 Å². The van der Waals surface area contributed by atoms with Crippen LogP contribution < -0.4 is 0 Å². The molecule has 1 fully saturated rings. The Labute approximate surface area is 216 Å². The first-order valence-electron chi connectivity index (χ1n) is 8.86. The van der Waals surface area contributed by atoms with Crippen molar-refractivity contribution in [2.24, 2.45) is 0 Å². The first-order chi connectivity index (χ1) is 13.5. The first kappa shape index (κ1) is 31.5. The second-order valence-electron chi connectivity index (χ2n) is 5.52. The van der Waals surface area contributed by atoms with E-state index >= 15 is 0 Å². The molecule has 0 radical (unpaired) electrons. The largest absolute Gasteiger partial charge is 0.686 e. The number of methoxy groups -OCH3 is 2. The van der Waals surface area contributed by atoms with Gasteiger partial charge in [-0.25, -0.2) is 0 Å². The zero-order valence-corrected chi connectivity index (χ0v) is 24.3. The number of ether oxygens (including phenoxy) is 4. The molecule has 2 aliphatic rings. The van der Waals surface area contributed by atoms with E-state index < -0.39 is 0 Å². The average Bonchev–Trinajstić information content (AvgIpc) is 2.70. The number of allylic oxidation sites excluding steroid dienone is 2. The Balaban J connectivity index is 0. The smallest absolute Gasteiger partial charge is 0.109 e. The minimum absolute atomic E-state index is 0. The van der Waals surface area contributed by atoms with Gasteiger partial charge in [0.05, 0.1) is 13.2 Å². The van der Waals surface area contributed by atoms with E-state index in [0.717, 1.165) is 6.54 Å². The monoisotopic (exact) mass is 578 g/mol. The van der Waals surface area contributed by atoms with Gasteiger partial charge in [0.15, 0.2) is 0 Å². The molecule has 2 aliphatic heterocycles. The molecule has 1 saturated heterocycles. The SMILES string of the molecule is C1=C[N-]C(C2CCCC[N-]2)C=C1.COCCOC(=S)[S-].COCCOC(=S)[S-].[Cd]. The molecule has 0 bridgehead atoms. The van der Waals surface area contributed by atoms with Crippen LogP contribution in [0.1, 0.15) is 19.3 Å². The van der Waals surface area contributed by atoms with Crippen LogP contribution in [0.5, 0.6) is 0 Å². The molecule has 11 heteroatoms. The van der Waals surface area contributed by atoms with Crippen molar-refractivity contribution in [3.63, 3.8) is 0 Å². The van der Waals surface area contributed by atoms with Crippen LogP contribution in [0.4, 0.5) is 0 Å². The summed E-state index contributed by atoms with van der Waals surface area (Å²) in [5.74, 6) is 0. The second kappa shape index (κ2) is 23.0. The number of rotatable bonds is 7. The van der Waals surface area contributed by atoms with E-state index in [1.54, 1.807) is 14.2 Å². The average molecular weight is 577 g/mol. The van der Waals surface area contributed by atoms with Crippen molar-refractivity contribution in [2.45, 2.75) is 31.3 Å². The maximum absolute atomic E-state index is 4.70. The van der Waals surface area contributed by atoms with Crippen molar-refractivity contribution < 1.29 is 46.2 Å². The van der Waals surface area contributed by atoms with E-state index in [2.05, 4.69) is 82.0 Å². The van der Waals surface area contributed by atoms with Crippen LogP contribution in [-0.4, -0.2) is 68.0 Å². The van der Waals surface area contributed by atoms with Crippen molar-refractivity contribution in [1.29, 1.82) is 0 Å².